The largest absolute Gasteiger partial charge is 0.456 e. The molecular formula is C105H68N8O2. The molecule has 0 radical (unpaired) electrons. The minimum absolute atomic E-state index is 0.115. The van der Waals surface area contributed by atoms with E-state index in [2.05, 4.69) is 105 Å². The molecule has 0 N–H and O–H groups in total. The van der Waals surface area contributed by atoms with Crippen LogP contribution in [0.2, 0.25) is 0 Å². The number of hydrogen-bond acceptors (Lipinski definition) is 8. The molecule has 6 heterocycles. The van der Waals surface area contributed by atoms with Crippen molar-refractivity contribution >= 4 is 87.5 Å². The summed E-state index contributed by atoms with van der Waals surface area (Å²) in [5.74, 6) is 3.34. The van der Waals surface area contributed by atoms with Crippen molar-refractivity contribution in [1.82, 2.24) is 39.0 Å². The van der Waals surface area contributed by atoms with Crippen molar-refractivity contribution in [1.29, 1.82) is 0 Å². The number of fused-ring (bicyclic) bond motifs is 15. The number of furan rings is 2. The van der Waals surface area contributed by atoms with E-state index in [4.69, 9.17) is 52.4 Å². The molecule has 1 aliphatic rings. The van der Waals surface area contributed by atoms with Gasteiger partial charge in [0.15, 0.2) is 34.9 Å². The summed E-state index contributed by atoms with van der Waals surface area (Å²) >= 11 is 0. The molecule has 0 amide bonds. The quantitative estimate of drug-likeness (QED) is 0.126. The monoisotopic (exact) mass is 1480 g/mol. The van der Waals surface area contributed by atoms with Gasteiger partial charge in [-0.15, -0.1) is 0 Å². The normalized spacial score (nSPS) is 13.5. The zero-order chi connectivity index (χ0) is 84.9. The van der Waals surface area contributed by atoms with Crippen LogP contribution in [-0.4, -0.2) is 39.0 Å². The van der Waals surface area contributed by atoms with E-state index in [1.54, 1.807) is 9.13 Å². The topological polar surface area (TPSA) is 113 Å². The third-order valence-electron chi connectivity index (χ3n) is 22.3. The summed E-state index contributed by atoms with van der Waals surface area (Å²) in [5, 5.41) is 7.16. The second kappa shape index (κ2) is 27.0. The molecule has 16 aromatic carbocycles. The molecule has 0 saturated heterocycles. The predicted molar refractivity (Wildman–Crippen MR) is 469 cm³/mol. The second-order valence-corrected chi connectivity index (χ2v) is 29.3. The maximum atomic E-state index is 8.81. The average molecular weight is 1480 g/mol. The van der Waals surface area contributed by atoms with E-state index in [0.29, 0.717) is 46.1 Å². The van der Waals surface area contributed by atoms with Crippen molar-refractivity contribution in [3.05, 3.63) is 387 Å². The Bertz CT molecular complexity index is 8240. The molecule has 23 rings (SSSR count). The second-order valence-electron chi connectivity index (χ2n) is 29.3. The van der Waals surface area contributed by atoms with Crippen molar-refractivity contribution in [2.75, 3.05) is 0 Å². The lowest BCUT2D eigenvalue weighted by atomic mass is 9.82. The van der Waals surface area contributed by atoms with Gasteiger partial charge in [0.1, 0.15) is 22.3 Å². The van der Waals surface area contributed by atoms with Gasteiger partial charge in [0.05, 0.1) is 35.8 Å². The smallest absolute Gasteiger partial charge is 0.164 e. The summed E-state index contributed by atoms with van der Waals surface area (Å²) in [4.78, 5) is 30.7. The Morgan fingerprint density at radius 2 is 0.600 bits per heavy atom. The number of para-hydroxylation sites is 4. The molecule has 6 aromatic heterocycles. The maximum Gasteiger partial charge on any atom is 0.164 e. The molecule has 10 heteroatoms. The highest BCUT2D eigenvalue weighted by atomic mass is 16.3. The maximum absolute atomic E-state index is 8.81. The standard InChI is InChI=1S/C54H36N4O.C51H32N4O/c1-54(2)44-21-11-9-18-38(44)39-27-24-36(32-45(39)54)52-55-51(33-14-5-3-6-15-33)56-53(57-52)41-20-13-23-49-50(41)43-31-35(26-29-48(43)59-49)34-25-28-47-42(30-34)40-19-10-12-22-46(40)58(47)37-16-7-4-8-17-37;1-4-14-33(15-5-1)35-18-12-19-38(30-35)50-52-49(34-16-6-2-7-17-34)53-51(54-50)41-23-13-25-47-48(41)43-32-37(27-29-46(43)56-47)36-26-28-45-42(31-36)40-22-10-11-24-44(40)55(45)39-20-8-3-9-21-39/h3-32H,1-2H3;1-32H/i4D,7D,8D,16D,17D;3D,8D,9D,20D,21D. The average Bonchev–Trinajstić information content (AvgIpc) is 1.58. The highest BCUT2D eigenvalue weighted by Gasteiger charge is 2.36. The van der Waals surface area contributed by atoms with Crippen LogP contribution in [0.5, 0.6) is 0 Å². The van der Waals surface area contributed by atoms with Gasteiger partial charge in [-0.3, -0.25) is 0 Å². The predicted octanol–water partition coefficient (Wildman–Crippen LogP) is 27.0. The van der Waals surface area contributed by atoms with Crippen molar-refractivity contribution in [2.24, 2.45) is 0 Å². The Morgan fingerprint density at radius 1 is 0.243 bits per heavy atom. The van der Waals surface area contributed by atoms with Gasteiger partial charge in [0.2, 0.25) is 0 Å². The zero-order valence-electron chi connectivity index (χ0n) is 71.9. The van der Waals surface area contributed by atoms with Crippen LogP contribution < -0.4 is 0 Å². The highest BCUT2D eigenvalue weighted by molar-refractivity contribution is 6.16. The fourth-order valence-corrected chi connectivity index (χ4v) is 16.9. The molecular weight excluding hydrogens is 1410 g/mol. The minimum atomic E-state index is -0.423. The molecule has 0 fully saturated rings. The van der Waals surface area contributed by atoms with Crippen LogP contribution in [0.1, 0.15) is 38.7 Å². The van der Waals surface area contributed by atoms with Gasteiger partial charge in [0, 0.05) is 93.3 Å². The summed E-state index contributed by atoms with van der Waals surface area (Å²) in [6.07, 6.45) is 0. The third kappa shape index (κ3) is 11.4. The van der Waals surface area contributed by atoms with E-state index >= 15 is 0 Å². The Kier molecular flexibility index (Phi) is 13.4. The van der Waals surface area contributed by atoms with Crippen LogP contribution in [-0.2, 0) is 5.41 Å². The van der Waals surface area contributed by atoms with E-state index in [1.165, 1.54) is 22.3 Å². The van der Waals surface area contributed by atoms with Crippen LogP contribution in [0.15, 0.2) is 385 Å². The first-order valence-corrected chi connectivity index (χ1v) is 38.1. The first-order valence-electron chi connectivity index (χ1n) is 43.1. The lowest BCUT2D eigenvalue weighted by Crippen LogP contribution is -2.15. The Labute approximate surface area is 676 Å². The molecule has 0 spiro atoms. The number of aromatic nitrogens is 8. The summed E-state index contributed by atoms with van der Waals surface area (Å²) in [7, 11) is 0. The van der Waals surface area contributed by atoms with E-state index in [-0.39, 0.29) is 65.1 Å². The summed E-state index contributed by atoms with van der Waals surface area (Å²) in [6.45, 7) is 4.55. The molecule has 10 nitrogen and oxygen atoms in total. The van der Waals surface area contributed by atoms with Gasteiger partial charge < -0.3 is 18.0 Å². The van der Waals surface area contributed by atoms with Crippen molar-refractivity contribution < 1.29 is 22.5 Å². The summed E-state index contributed by atoms with van der Waals surface area (Å²) in [6, 6.07) is 102. The fraction of sp³-hybridized carbons (Fsp3) is 0.0286. The number of benzene rings is 16. The number of rotatable bonds is 11. The zero-order valence-corrected chi connectivity index (χ0v) is 61.9. The SMILES string of the molecule is [2H]c1c([2H])c([2H])c(-n2c3ccccc3c3cc(-c4ccc5oc6cccc(-c7nc(-c8ccccc8)nc(-c8ccc9c(c8)C(C)(C)c8ccccc8-9)n7)c6c5c4)ccc32)c([2H])c1[2H].[2H]c1c([2H])c([2H])c(-n2c3ccccc3c3cc(-c4ccc5oc6cccc(-c7nc(-c8ccccc8)nc(-c8cccc(-c9ccccc9)c8)n7)c6c5c4)ccc32)c([2H])c1[2H]. The van der Waals surface area contributed by atoms with Crippen molar-refractivity contribution in [3.63, 3.8) is 0 Å². The third-order valence-corrected chi connectivity index (χ3v) is 22.3. The van der Waals surface area contributed by atoms with Gasteiger partial charge in [-0.1, -0.05) is 281 Å². The highest BCUT2D eigenvalue weighted by Crippen LogP contribution is 2.50. The Hall–Kier alpha value is -15.3. The van der Waals surface area contributed by atoms with E-state index in [0.717, 1.165) is 143 Å². The van der Waals surface area contributed by atoms with Crippen LogP contribution in [0.4, 0.5) is 0 Å². The van der Waals surface area contributed by atoms with Gasteiger partial charge in [-0.25, -0.2) is 29.9 Å². The van der Waals surface area contributed by atoms with E-state index in [1.807, 2.05) is 224 Å². The van der Waals surface area contributed by atoms with Gasteiger partial charge >= 0.3 is 0 Å². The van der Waals surface area contributed by atoms with E-state index in [9.17, 15) is 0 Å². The molecule has 0 saturated carbocycles. The van der Waals surface area contributed by atoms with E-state index < -0.39 is 12.1 Å². The minimum Gasteiger partial charge on any atom is -0.456 e. The van der Waals surface area contributed by atoms with Gasteiger partial charge in [-0.2, -0.15) is 0 Å². The lowest BCUT2D eigenvalue weighted by molar-refractivity contribution is 0.660. The summed E-state index contributed by atoms with van der Waals surface area (Å²) < 4.78 is 102. The first kappa shape index (κ1) is 56.9. The Morgan fingerprint density at radius 3 is 1.11 bits per heavy atom. The Balaban J connectivity index is 0.000000148. The lowest BCUT2D eigenvalue weighted by Gasteiger charge is -2.21. The molecule has 0 unspecified atom stereocenters. The molecule has 115 heavy (non-hydrogen) atoms. The number of nitrogens with zero attached hydrogens (tertiary/aromatic N) is 8. The van der Waals surface area contributed by atoms with Gasteiger partial charge in [0.25, 0.3) is 0 Å². The van der Waals surface area contributed by atoms with Crippen LogP contribution >= 0.6 is 0 Å². The summed E-state index contributed by atoms with van der Waals surface area (Å²) in [5.41, 5.74) is 22.0. The van der Waals surface area contributed by atoms with Crippen LogP contribution in [0.3, 0.4) is 0 Å². The molecule has 1 aliphatic carbocycles. The van der Waals surface area contributed by atoms with Gasteiger partial charge in [-0.05, 0) is 165 Å². The van der Waals surface area contributed by atoms with Crippen molar-refractivity contribution in [2.45, 2.75) is 19.3 Å². The molecule has 0 atom stereocenters. The molecule has 0 bridgehead atoms. The molecule has 22 aromatic rings. The van der Waals surface area contributed by atoms with Crippen molar-refractivity contribution in [3.8, 4) is 124 Å². The molecule has 540 valence electrons. The fourth-order valence-electron chi connectivity index (χ4n) is 16.9. The van der Waals surface area contributed by atoms with Crippen LogP contribution in [0.25, 0.3) is 212 Å². The number of hydrogen-bond donors (Lipinski definition) is 0. The van der Waals surface area contributed by atoms with Crippen LogP contribution in [0, 0.1) is 0 Å². The first-order chi connectivity index (χ1) is 60.9. The molecule has 0 aliphatic heterocycles.